The number of phosphoric acid groups is 3. The molecule has 24 nitrogen and oxygen atoms in total. The van der Waals surface area contributed by atoms with Crippen LogP contribution >= 0.6 is 35.2 Å². The van der Waals surface area contributed by atoms with E-state index in [2.05, 4.69) is 91.9 Å². The van der Waals surface area contributed by atoms with Crippen LogP contribution in [0.2, 0.25) is 0 Å². The van der Waals surface area contributed by atoms with E-state index in [0.717, 1.165) is 53.7 Å². The fourth-order valence-corrected chi connectivity index (χ4v) is 15.3. The lowest BCUT2D eigenvalue weighted by Gasteiger charge is -2.36. The molecule has 2 unspecified atom stereocenters. The molecule has 3 heterocycles. The standard InChI is InChI=1S/C58H108N7O17P3S/c1-11-12-13-14-15-16-17-18-19-20-21-22-23-24-25-40(2)30-41(3)31-42(4)32-43(5)33-44(6)34-45(7)35-46(8)57(70)86-29-28-60-48(66)26-27-61-55(69)52(68)58(9,10)37-79-85(76,77)82-84(74,75)78-36-47-51(81-83(71,72)73)50(67)56(80-47)65-39-64-49-53(59)62-38-63-54(49)65/h38-47,50-52,56,67-68H,11-37H2,1-10H3,(H,60,66)(H,61,69)(H,74,75)(H,76,77)(H2,59,62,63)(H2,71,72,73)/p-4/t40-,41-,42-,43-,44-,45-,46-,47+,50+,51+,52-,56+/m0/s1. The van der Waals surface area contributed by atoms with E-state index in [-0.39, 0.29) is 47.5 Å². The van der Waals surface area contributed by atoms with E-state index < -0.39 is 84.6 Å². The number of aromatic nitrogens is 4. The van der Waals surface area contributed by atoms with E-state index in [0.29, 0.717) is 29.4 Å². The molecule has 28 heteroatoms. The average molecular weight is 1300 g/mol. The number of nitrogens with one attached hydrogen (secondary N) is 2. The van der Waals surface area contributed by atoms with Gasteiger partial charge in [-0.15, -0.1) is 0 Å². The van der Waals surface area contributed by atoms with Gasteiger partial charge in [0.2, 0.25) is 11.8 Å². The summed E-state index contributed by atoms with van der Waals surface area (Å²) in [7, 11) is -17.7. The zero-order valence-corrected chi connectivity index (χ0v) is 56.3. The minimum Gasteiger partial charge on any atom is -0.790 e. The number of nitrogens with zero attached hydrogens (tertiary/aromatic N) is 4. The molecule has 0 spiro atoms. The lowest BCUT2D eigenvalue weighted by molar-refractivity contribution is -0.347. The number of anilines is 1. The van der Waals surface area contributed by atoms with Gasteiger partial charge in [-0.2, -0.15) is 0 Å². The van der Waals surface area contributed by atoms with Gasteiger partial charge < -0.3 is 69.0 Å². The predicted molar refractivity (Wildman–Crippen MR) is 325 cm³/mol. The highest BCUT2D eigenvalue weighted by atomic mass is 32.2. The van der Waals surface area contributed by atoms with Gasteiger partial charge >= 0.3 is 0 Å². The number of nitrogens with two attached hydrogens (primary N) is 1. The van der Waals surface area contributed by atoms with Crippen LogP contribution in [0.1, 0.15) is 217 Å². The molecule has 3 rings (SSSR count). The second-order valence-electron chi connectivity index (χ2n) is 25.5. The minimum absolute atomic E-state index is 0.0179. The third-order valence-corrected chi connectivity index (χ3v) is 20.1. The van der Waals surface area contributed by atoms with Gasteiger partial charge in [-0.3, -0.25) is 28.1 Å². The van der Waals surface area contributed by atoms with E-state index in [1.165, 1.54) is 136 Å². The van der Waals surface area contributed by atoms with Crippen molar-refractivity contribution in [3.05, 3.63) is 12.7 Å². The molecule has 14 atom stereocenters. The maximum absolute atomic E-state index is 13.0. The van der Waals surface area contributed by atoms with Crippen molar-refractivity contribution in [3.8, 4) is 0 Å². The number of amides is 2. The molecular formula is C58H104N7O17P3S-4. The molecule has 1 fully saturated rings. The Morgan fingerprint density at radius 3 is 1.79 bits per heavy atom. The van der Waals surface area contributed by atoms with Crippen LogP contribution in [-0.2, 0) is 50.7 Å². The summed E-state index contributed by atoms with van der Waals surface area (Å²) in [4.78, 5) is 98.5. The highest BCUT2D eigenvalue weighted by Gasteiger charge is 2.47. The molecule has 0 saturated carbocycles. The summed E-state index contributed by atoms with van der Waals surface area (Å²) in [6.07, 6.45) is 20.2. The number of imidazole rings is 1. The number of aliphatic hydroxyl groups is 2. The Hall–Kier alpha value is -2.44. The highest BCUT2D eigenvalue weighted by Crippen LogP contribution is 2.56. The molecule has 0 aliphatic carbocycles. The maximum atomic E-state index is 13.0. The molecule has 1 saturated heterocycles. The monoisotopic (exact) mass is 1300 g/mol. The fraction of sp³-hybridized carbons (Fsp3) is 0.862. The summed E-state index contributed by atoms with van der Waals surface area (Å²) >= 11 is 1.16. The molecule has 2 amide bonds. The topological polar surface area (TPSA) is 375 Å². The van der Waals surface area contributed by atoms with E-state index in [1.54, 1.807) is 0 Å². The van der Waals surface area contributed by atoms with Crippen LogP contribution in [-0.4, -0.2) is 103 Å². The van der Waals surface area contributed by atoms with Crippen LogP contribution in [0, 0.1) is 46.8 Å². The first-order valence-corrected chi connectivity index (χ1v) is 36.7. The van der Waals surface area contributed by atoms with Gasteiger partial charge in [-0.25, -0.2) is 19.3 Å². The van der Waals surface area contributed by atoms with Crippen LogP contribution in [0.15, 0.2) is 12.7 Å². The largest absolute Gasteiger partial charge is 0.790 e. The molecule has 0 aromatic carbocycles. The number of unbranched alkanes of at least 4 members (excludes halogenated alkanes) is 13. The number of hydrogen-bond donors (Lipinski definition) is 5. The van der Waals surface area contributed by atoms with Crippen molar-refractivity contribution in [2.24, 2.45) is 46.8 Å². The number of carbonyl (C=O) groups excluding carboxylic acids is 3. The number of thioether (sulfide) groups is 1. The number of carbonyl (C=O) groups is 3. The molecule has 0 bridgehead atoms. The lowest BCUT2D eigenvalue weighted by atomic mass is 9.81. The number of fused-ring (bicyclic) bond motifs is 1. The summed E-state index contributed by atoms with van der Waals surface area (Å²) in [5.74, 6) is 2.52. The molecule has 1 aliphatic heterocycles. The normalized spacial score (nSPS) is 21.0. The SMILES string of the molecule is CCCCCCCCCCCCCCCC[C@H](C)C[C@H](C)C[C@H](C)C[C@H](C)C[C@H](C)C[C@H](C)C[C@H](C)C(=O)SCCNC(=O)CCNC(=O)[C@H](O)C(C)(C)COP(=O)([O-])OP(=O)([O-])OC[C@H]1O[C@@H](n2cnc3c(N)ncnc32)[C@H](O)[C@@H]1OP(=O)([O-])[O-]. The minimum atomic E-state index is -5.93. The van der Waals surface area contributed by atoms with E-state index in [9.17, 15) is 57.9 Å². The first kappa shape index (κ1) is 77.8. The van der Waals surface area contributed by atoms with E-state index in [4.69, 9.17) is 10.5 Å². The lowest BCUT2D eigenvalue weighted by Crippen LogP contribution is -2.46. The summed E-state index contributed by atoms with van der Waals surface area (Å²) < 4.78 is 61.3. The van der Waals surface area contributed by atoms with Crippen molar-refractivity contribution in [1.82, 2.24) is 30.2 Å². The molecule has 86 heavy (non-hydrogen) atoms. The summed E-state index contributed by atoms with van der Waals surface area (Å²) in [6, 6.07) is 0. The molecule has 498 valence electrons. The molecule has 1 aliphatic rings. The Morgan fingerprint density at radius 1 is 0.733 bits per heavy atom. The molecule has 0 radical (unpaired) electrons. The highest BCUT2D eigenvalue weighted by molar-refractivity contribution is 8.13. The zero-order chi connectivity index (χ0) is 64.3. The number of rotatable bonds is 47. The Bertz CT molecular complexity index is 2460. The van der Waals surface area contributed by atoms with Crippen molar-refractivity contribution in [2.45, 2.75) is 241 Å². The zero-order valence-electron chi connectivity index (χ0n) is 52.8. The van der Waals surface area contributed by atoms with Crippen LogP contribution < -0.4 is 35.9 Å². The second-order valence-corrected chi connectivity index (χ2v) is 30.6. The maximum Gasteiger partial charge on any atom is 0.274 e. The summed E-state index contributed by atoms with van der Waals surface area (Å²) in [6.45, 7) is 18.6. The Kier molecular flexibility index (Phi) is 35.3. The molecule has 6 N–H and O–H groups in total. The molecular weight excluding hydrogens is 1190 g/mol. The molecule has 2 aromatic heterocycles. The van der Waals surface area contributed by atoms with Crippen molar-refractivity contribution in [3.63, 3.8) is 0 Å². The summed E-state index contributed by atoms with van der Waals surface area (Å²) in [5.41, 5.74) is 4.11. The Morgan fingerprint density at radius 2 is 1.24 bits per heavy atom. The average Bonchev–Trinajstić information content (AvgIpc) is 1.82. The van der Waals surface area contributed by atoms with Gasteiger partial charge in [0.05, 0.1) is 27.4 Å². The van der Waals surface area contributed by atoms with Gasteiger partial charge in [0, 0.05) is 36.6 Å². The van der Waals surface area contributed by atoms with Crippen molar-refractivity contribution >= 4 is 69.1 Å². The Labute approximate surface area is 516 Å². The summed E-state index contributed by atoms with van der Waals surface area (Å²) in [5, 5.41) is 26.8. The molecule has 2 aromatic rings. The van der Waals surface area contributed by atoms with Gasteiger partial charge in [0.1, 0.15) is 36.3 Å². The van der Waals surface area contributed by atoms with E-state index >= 15 is 0 Å². The van der Waals surface area contributed by atoms with Gasteiger partial charge in [-0.1, -0.05) is 177 Å². The predicted octanol–water partition coefficient (Wildman–Crippen LogP) is 8.80. The number of nitrogen functional groups attached to an aromatic ring is 1. The van der Waals surface area contributed by atoms with Crippen LogP contribution in [0.4, 0.5) is 5.82 Å². The number of aliphatic hydroxyl groups excluding tert-OH is 2. The van der Waals surface area contributed by atoms with Crippen LogP contribution in [0.25, 0.3) is 11.2 Å². The van der Waals surface area contributed by atoms with Crippen molar-refractivity contribution < 1.29 is 80.5 Å². The van der Waals surface area contributed by atoms with Gasteiger partial charge in [-0.05, 0) is 74.0 Å². The first-order chi connectivity index (χ1) is 40.3. The van der Waals surface area contributed by atoms with Crippen molar-refractivity contribution in [1.29, 1.82) is 0 Å². The smallest absolute Gasteiger partial charge is 0.274 e. The van der Waals surface area contributed by atoms with Crippen molar-refractivity contribution in [2.75, 3.05) is 37.8 Å². The van der Waals surface area contributed by atoms with Crippen LogP contribution in [0.3, 0.4) is 0 Å². The Balaban J connectivity index is 1.26. The quantitative estimate of drug-likeness (QED) is 0.0305. The second kappa shape index (κ2) is 39.1. The third kappa shape index (κ3) is 30.6. The number of phosphoric ester groups is 3. The van der Waals surface area contributed by atoms with Gasteiger partial charge in [0.25, 0.3) is 15.6 Å². The van der Waals surface area contributed by atoms with Crippen LogP contribution in [0.5, 0.6) is 0 Å². The van der Waals surface area contributed by atoms with Gasteiger partial charge in [0.15, 0.2) is 22.8 Å². The number of hydrogen-bond acceptors (Lipinski definition) is 22. The number of ether oxygens (including phenoxy) is 1. The van der Waals surface area contributed by atoms with E-state index in [1.807, 2.05) is 6.92 Å². The third-order valence-electron chi connectivity index (χ3n) is 16.0. The first-order valence-electron chi connectivity index (χ1n) is 31.3. The fourth-order valence-electron chi connectivity index (χ4n) is 11.8.